The van der Waals surface area contributed by atoms with Gasteiger partial charge in [-0.15, -0.1) is 5.10 Å². The first kappa shape index (κ1) is 17.5. The van der Waals surface area contributed by atoms with Crippen LogP contribution in [-0.2, 0) is 13.9 Å². The van der Waals surface area contributed by atoms with Gasteiger partial charge in [0.05, 0.1) is 18.7 Å². The maximum Gasteiger partial charge on any atom is 0.345 e. The summed E-state index contributed by atoms with van der Waals surface area (Å²) in [7, 11) is 0. The molecule has 0 saturated carbocycles. The Morgan fingerprint density at radius 2 is 2.31 bits per heavy atom. The number of amides is 3. The maximum absolute atomic E-state index is 12.4. The first-order valence-electron chi connectivity index (χ1n) is 8.46. The average molecular weight is 384 g/mol. The van der Waals surface area contributed by atoms with Crippen molar-refractivity contribution >= 4 is 24.8 Å². The van der Waals surface area contributed by atoms with Crippen LogP contribution in [0.1, 0.15) is 25.3 Å². The van der Waals surface area contributed by atoms with Crippen LogP contribution >= 0.6 is 12.9 Å². The van der Waals surface area contributed by atoms with E-state index in [2.05, 4.69) is 39.2 Å². The van der Waals surface area contributed by atoms with Crippen LogP contribution in [-0.4, -0.2) is 79.9 Å². The van der Waals surface area contributed by atoms with Gasteiger partial charge in [-0.25, -0.2) is 19.2 Å². The molecule has 13 heteroatoms. The van der Waals surface area contributed by atoms with Crippen molar-refractivity contribution in [1.82, 2.24) is 41.0 Å². The van der Waals surface area contributed by atoms with Crippen molar-refractivity contribution in [3.63, 3.8) is 0 Å². The molecular formula is C13H20N8O4S. The Morgan fingerprint density at radius 3 is 3.08 bits per heavy atom. The molecule has 0 radical (unpaired) electrons. The highest BCUT2D eigenvalue weighted by atomic mass is 32.1. The molecule has 2 unspecified atom stereocenters. The van der Waals surface area contributed by atoms with Crippen molar-refractivity contribution in [3.05, 3.63) is 6.33 Å². The van der Waals surface area contributed by atoms with E-state index in [4.69, 9.17) is 9.12 Å². The van der Waals surface area contributed by atoms with E-state index in [-0.39, 0.29) is 30.1 Å². The fraction of sp³-hybridized carbons (Fsp3) is 0.769. The van der Waals surface area contributed by atoms with Crippen molar-refractivity contribution in [2.75, 3.05) is 19.7 Å². The van der Waals surface area contributed by atoms with E-state index >= 15 is 0 Å². The Morgan fingerprint density at radius 1 is 1.42 bits per heavy atom. The number of aromatic nitrogens is 4. The summed E-state index contributed by atoms with van der Waals surface area (Å²) in [5, 5.41) is 15.7. The van der Waals surface area contributed by atoms with Gasteiger partial charge in [-0.1, -0.05) is 0 Å². The summed E-state index contributed by atoms with van der Waals surface area (Å²) in [4.78, 5) is 31.4. The van der Waals surface area contributed by atoms with Crippen molar-refractivity contribution in [1.29, 1.82) is 0 Å². The second-order valence-electron chi connectivity index (χ2n) is 6.65. The van der Waals surface area contributed by atoms with Crippen molar-refractivity contribution in [3.8, 4) is 0 Å². The molecule has 12 nitrogen and oxygen atoms in total. The van der Waals surface area contributed by atoms with Crippen molar-refractivity contribution < 1.29 is 18.7 Å². The van der Waals surface area contributed by atoms with Gasteiger partial charge in [0.2, 0.25) is 0 Å². The first-order chi connectivity index (χ1) is 12.7. The zero-order valence-corrected chi connectivity index (χ0v) is 14.8. The molecule has 3 aliphatic heterocycles. The molecule has 2 bridgehead atoms. The number of thiol groups is 1. The van der Waals surface area contributed by atoms with E-state index in [0.717, 1.165) is 13.0 Å². The second-order valence-corrected chi connectivity index (χ2v) is 6.81. The van der Waals surface area contributed by atoms with Crippen LogP contribution < -0.4 is 10.8 Å². The Bertz CT molecular complexity index is 661. The average Bonchev–Trinajstić information content (AvgIpc) is 3.37. The fourth-order valence-corrected chi connectivity index (χ4v) is 3.96. The summed E-state index contributed by atoms with van der Waals surface area (Å²) in [6.45, 7) is 1.51. The van der Waals surface area contributed by atoms with Gasteiger partial charge in [-0.05, 0) is 29.7 Å². The van der Waals surface area contributed by atoms with Crippen LogP contribution in [0.5, 0.6) is 0 Å². The molecule has 4 heterocycles. The van der Waals surface area contributed by atoms with Gasteiger partial charge in [0.1, 0.15) is 12.4 Å². The Hall–Kier alpha value is -1.96. The number of piperidine rings is 1. The van der Waals surface area contributed by atoms with Gasteiger partial charge in [-0.3, -0.25) is 9.63 Å². The number of tetrazole rings is 1. The third-order valence-corrected chi connectivity index (χ3v) is 5.28. The van der Waals surface area contributed by atoms with E-state index in [1.54, 1.807) is 11.0 Å². The summed E-state index contributed by atoms with van der Waals surface area (Å²) in [6, 6.07) is -0.709. The minimum atomic E-state index is -0.558. The molecule has 0 aliphatic carbocycles. The summed E-state index contributed by atoms with van der Waals surface area (Å²) in [5.41, 5.74) is 2.47. The number of hydroxylamine groups is 3. The number of carbonyl (C=O) groups is 2. The highest BCUT2D eigenvalue weighted by molar-refractivity contribution is 7.75. The quantitative estimate of drug-likeness (QED) is 0.313. The normalized spacial score (nSPS) is 30.9. The standard InChI is InChI=1S/C13H20N8O4S/c22-12(11-2-1-9-5-19(11)13(23)21(9)25-26)16-24-6-8-3-10(4-14-8)20-7-15-17-18-20/h7-11,14,26H,1-6H2,(H,16,22)/t8-,9?,10+,11?/m0/s1. The van der Waals surface area contributed by atoms with Gasteiger partial charge in [-0.2, -0.15) is 5.06 Å². The molecule has 0 aromatic carbocycles. The highest BCUT2D eigenvalue weighted by Crippen LogP contribution is 2.30. The van der Waals surface area contributed by atoms with E-state index in [1.165, 1.54) is 9.96 Å². The SMILES string of the molecule is O=C(NOC[C@@H]1C[C@@H](n2cnnn2)CN1)C1CCC2CN1C(=O)N2OS. The first-order valence-corrected chi connectivity index (χ1v) is 8.82. The third-order valence-electron chi connectivity index (χ3n) is 5.11. The topological polar surface area (TPSA) is 127 Å². The number of nitrogens with one attached hydrogen (secondary N) is 2. The van der Waals surface area contributed by atoms with Crippen LogP contribution in [0.3, 0.4) is 0 Å². The van der Waals surface area contributed by atoms with Crippen LogP contribution in [0, 0.1) is 0 Å². The van der Waals surface area contributed by atoms with Gasteiger partial charge in [0.15, 0.2) is 0 Å². The minimum absolute atomic E-state index is 0.0594. The third kappa shape index (κ3) is 3.22. The molecule has 3 amide bonds. The number of urea groups is 1. The van der Waals surface area contributed by atoms with Crippen LogP contribution in [0.25, 0.3) is 0 Å². The fourth-order valence-electron chi connectivity index (χ4n) is 3.75. The highest BCUT2D eigenvalue weighted by Gasteiger charge is 2.48. The van der Waals surface area contributed by atoms with Gasteiger partial charge < -0.3 is 10.2 Å². The Labute approximate surface area is 154 Å². The number of hydrogen-bond acceptors (Lipinski definition) is 9. The lowest BCUT2D eigenvalue weighted by atomic mass is 10.0. The molecule has 3 saturated heterocycles. The monoisotopic (exact) mass is 384 g/mol. The number of carbonyl (C=O) groups excluding carboxylic acids is 2. The molecule has 3 aliphatic rings. The molecule has 2 N–H and O–H groups in total. The zero-order valence-electron chi connectivity index (χ0n) is 13.9. The summed E-state index contributed by atoms with van der Waals surface area (Å²) in [5.74, 6) is -0.326. The maximum atomic E-state index is 12.4. The van der Waals surface area contributed by atoms with Gasteiger partial charge in [0.25, 0.3) is 5.91 Å². The van der Waals surface area contributed by atoms with Gasteiger partial charge >= 0.3 is 6.03 Å². The van der Waals surface area contributed by atoms with E-state index in [1.807, 2.05) is 0 Å². The summed E-state index contributed by atoms with van der Waals surface area (Å²) < 4.78 is 6.51. The molecular weight excluding hydrogens is 364 g/mol. The molecule has 0 spiro atoms. The van der Waals surface area contributed by atoms with Crippen molar-refractivity contribution in [2.24, 2.45) is 0 Å². The summed E-state index contributed by atoms with van der Waals surface area (Å²) in [6.07, 6.45) is 3.62. The largest absolute Gasteiger partial charge is 0.345 e. The van der Waals surface area contributed by atoms with E-state index < -0.39 is 6.04 Å². The predicted molar refractivity (Wildman–Crippen MR) is 88.2 cm³/mol. The van der Waals surface area contributed by atoms with Crippen LogP contribution in [0.15, 0.2) is 6.33 Å². The van der Waals surface area contributed by atoms with E-state index in [0.29, 0.717) is 26.0 Å². The lowest BCUT2D eigenvalue weighted by molar-refractivity contribution is -0.139. The Kier molecular flexibility index (Phi) is 4.93. The number of rotatable bonds is 6. The van der Waals surface area contributed by atoms with Crippen molar-refractivity contribution in [2.45, 2.75) is 43.4 Å². The number of fused-ring (bicyclic) bond motifs is 2. The second kappa shape index (κ2) is 7.34. The van der Waals surface area contributed by atoms with Gasteiger partial charge in [0, 0.05) is 32.0 Å². The lowest BCUT2D eigenvalue weighted by Gasteiger charge is -2.29. The molecule has 142 valence electrons. The number of nitrogens with zero attached hydrogens (tertiary/aromatic N) is 6. The summed E-state index contributed by atoms with van der Waals surface area (Å²) >= 11 is 3.71. The zero-order chi connectivity index (χ0) is 18.1. The Balaban J connectivity index is 1.23. The number of hydrogen-bond donors (Lipinski definition) is 3. The van der Waals surface area contributed by atoms with E-state index in [9.17, 15) is 9.59 Å². The molecule has 1 aromatic rings. The molecule has 3 fully saturated rings. The van der Waals surface area contributed by atoms with Crippen LogP contribution in [0.4, 0.5) is 4.79 Å². The predicted octanol–water partition coefficient (Wildman–Crippen LogP) is -1.33. The smallest absolute Gasteiger partial charge is 0.309 e. The molecule has 26 heavy (non-hydrogen) atoms. The molecule has 4 atom stereocenters. The molecule has 1 aromatic heterocycles. The molecule has 4 rings (SSSR count). The van der Waals surface area contributed by atoms with Crippen LogP contribution in [0.2, 0.25) is 0 Å². The lowest BCUT2D eigenvalue weighted by Crippen LogP contribution is -2.50. The minimum Gasteiger partial charge on any atom is -0.309 e.